The summed E-state index contributed by atoms with van der Waals surface area (Å²) in [5.41, 5.74) is 0.137. The van der Waals surface area contributed by atoms with Crippen LogP contribution in [-0.2, 0) is 14.8 Å². The molecule has 14 heavy (non-hydrogen) atoms. The van der Waals surface area contributed by atoms with Crippen LogP contribution < -0.4 is 0 Å². The molecule has 78 valence electrons. The number of non-ortho nitro benzene ring substituents is 1. The van der Waals surface area contributed by atoms with Gasteiger partial charge in [-0.1, -0.05) is 23.2 Å². The Morgan fingerprint density at radius 3 is 1.86 bits per heavy atom. The Morgan fingerprint density at radius 2 is 1.64 bits per heavy atom. The summed E-state index contributed by atoms with van der Waals surface area (Å²) in [6.07, 6.45) is 0. The van der Waals surface area contributed by atoms with Crippen LogP contribution in [0.2, 0.25) is 0 Å². The van der Waals surface area contributed by atoms with Crippen LogP contribution in [0.4, 0.5) is 5.69 Å². The molecule has 0 spiro atoms. The predicted molar refractivity (Wildman–Crippen MR) is 48.2 cm³/mol. The maximum absolute atomic E-state index is 10.0. The van der Waals surface area contributed by atoms with E-state index in [2.05, 4.69) is 14.8 Å². The molecule has 0 unspecified atom stereocenters. The lowest BCUT2D eigenvalue weighted by Gasteiger charge is -1.85. The maximum atomic E-state index is 10.0. The van der Waals surface area contributed by atoms with E-state index in [-0.39, 0.29) is 5.69 Å². The molecular formula is C8H11NO5. The van der Waals surface area contributed by atoms with Crippen molar-refractivity contribution in [2.45, 2.75) is 0 Å². The highest BCUT2D eigenvalue weighted by Gasteiger charge is 1.98. The molecule has 0 aliphatic rings. The highest BCUT2D eigenvalue weighted by molar-refractivity contribution is 5.27. The van der Waals surface area contributed by atoms with Crippen molar-refractivity contribution in [2.75, 3.05) is 14.2 Å². The summed E-state index contributed by atoms with van der Waals surface area (Å²) >= 11 is 0. The van der Waals surface area contributed by atoms with Gasteiger partial charge in [0.15, 0.2) is 0 Å². The van der Waals surface area contributed by atoms with E-state index in [0.717, 1.165) is 0 Å². The van der Waals surface area contributed by atoms with Gasteiger partial charge in [-0.25, -0.2) is 9.78 Å². The summed E-state index contributed by atoms with van der Waals surface area (Å²) in [6, 6.07) is 7.93. The minimum absolute atomic E-state index is 0.137. The number of para-hydroxylation sites is 1. The lowest BCUT2D eigenvalue weighted by atomic mass is 10.3. The number of rotatable bonds is 3. The topological polar surface area (TPSA) is 70.8 Å². The Balaban J connectivity index is 0.000000292. The molecule has 0 fully saturated rings. The van der Waals surface area contributed by atoms with Crippen molar-refractivity contribution in [2.24, 2.45) is 0 Å². The van der Waals surface area contributed by atoms with Gasteiger partial charge in [-0.05, 0) is 0 Å². The molecule has 0 N–H and O–H groups in total. The van der Waals surface area contributed by atoms with E-state index in [9.17, 15) is 10.1 Å². The van der Waals surface area contributed by atoms with Crippen molar-refractivity contribution in [3.8, 4) is 0 Å². The standard InChI is InChI=1S/C6H5NO2.C2H6O3/c8-7(9)6-4-2-1-3-5-6;1-3-5-4-2/h1-5H;1-2H3. The zero-order valence-corrected chi connectivity index (χ0v) is 7.88. The Labute approximate surface area is 81.0 Å². The number of hydrogen-bond donors (Lipinski definition) is 0. The van der Waals surface area contributed by atoms with Crippen LogP contribution in [0.5, 0.6) is 0 Å². The molecule has 0 aromatic heterocycles. The van der Waals surface area contributed by atoms with Crippen LogP contribution >= 0.6 is 0 Å². The molecule has 0 atom stereocenters. The summed E-state index contributed by atoms with van der Waals surface area (Å²) in [5.74, 6) is 0. The SMILES string of the molecule is COOOC.O=[N+]([O-])c1ccccc1. The average molecular weight is 201 g/mol. The third kappa shape index (κ3) is 6.06. The van der Waals surface area contributed by atoms with Crippen LogP contribution in [0.3, 0.4) is 0 Å². The summed E-state index contributed by atoms with van der Waals surface area (Å²) < 4.78 is 0. The smallest absolute Gasteiger partial charge is 0.258 e. The van der Waals surface area contributed by atoms with Gasteiger partial charge in [0, 0.05) is 12.1 Å². The molecule has 0 amide bonds. The van der Waals surface area contributed by atoms with E-state index >= 15 is 0 Å². The summed E-state index contributed by atoms with van der Waals surface area (Å²) in [7, 11) is 2.73. The molecule has 0 heterocycles. The first-order valence-corrected chi connectivity index (χ1v) is 3.65. The number of nitrogens with zero attached hydrogens (tertiary/aromatic N) is 1. The fourth-order valence-electron chi connectivity index (χ4n) is 0.618. The van der Waals surface area contributed by atoms with Crippen molar-refractivity contribution < 1.29 is 19.7 Å². The fraction of sp³-hybridized carbons (Fsp3) is 0.250. The molecule has 0 saturated carbocycles. The van der Waals surface area contributed by atoms with Gasteiger partial charge in [-0.15, -0.1) is 0 Å². The summed E-state index contributed by atoms with van der Waals surface area (Å²) in [5, 5.41) is 13.8. The minimum atomic E-state index is -0.417. The van der Waals surface area contributed by atoms with Gasteiger partial charge in [0.05, 0.1) is 19.1 Å². The Kier molecular flexibility index (Phi) is 7.24. The number of nitro groups is 1. The molecule has 0 saturated heterocycles. The van der Waals surface area contributed by atoms with Crippen molar-refractivity contribution in [1.82, 2.24) is 0 Å². The molecule has 1 aromatic carbocycles. The minimum Gasteiger partial charge on any atom is -0.258 e. The first kappa shape index (κ1) is 12.5. The predicted octanol–water partition coefficient (Wildman–Crippen LogP) is 1.72. The Morgan fingerprint density at radius 1 is 1.14 bits per heavy atom. The third-order valence-electron chi connectivity index (χ3n) is 1.10. The van der Waals surface area contributed by atoms with Crippen LogP contribution in [-0.4, -0.2) is 19.1 Å². The van der Waals surface area contributed by atoms with Gasteiger partial charge >= 0.3 is 0 Å². The van der Waals surface area contributed by atoms with Gasteiger partial charge < -0.3 is 0 Å². The van der Waals surface area contributed by atoms with Crippen molar-refractivity contribution >= 4 is 5.69 Å². The van der Waals surface area contributed by atoms with Crippen LogP contribution in [0.15, 0.2) is 30.3 Å². The fourth-order valence-corrected chi connectivity index (χ4v) is 0.618. The quantitative estimate of drug-likeness (QED) is 0.423. The van der Waals surface area contributed by atoms with Gasteiger partial charge in [0.25, 0.3) is 5.69 Å². The van der Waals surface area contributed by atoms with Crippen molar-refractivity contribution in [3.05, 3.63) is 40.4 Å². The van der Waals surface area contributed by atoms with E-state index in [1.165, 1.54) is 26.4 Å². The van der Waals surface area contributed by atoms with E-state index in [1.54, 1.807) is 18.2 Å². The zero-order chi connectivity index (χ0) is 10.8. The molecule has 0 aliphatic carbocycles. The Bertz CT molecular complexity index is 249. The van der Waals surface area contributed by atoms with Gasteiger partial charge in [0.2, 0.25) is 0 Å². The number of nitro benzene ring substituents is 1. The van der Waals surface area contributed by atoms with Gasteiger partial charge in [0.1, 0.15) is 0 Å². The molecule has 6 nitrogen and oxygen atoms in total. The first-order chi connectivity index (χ1) is 6.72. The Hall–Kier alpha value is -1.50. The molecule has 0 aliphatic heterocycles. The molecule has 0 bridgehead atoms. The highest BCUT2D eigenvalue weighted by atomic mass is 17.5. The summed E-state index contributed by atoms with van der Waals surface area (Å²) in [4.78, 5) is 17.5. The first-order valence-electron chi connectivity index (χ1n) is 3.65. The van der Waals surface area contributed by atoms with Crippen molar-refractivity contribution in [3.63, 3.8) is 0 Å². The van der Waals surface area contributed by atoms with Gasteiger partial charge in [-0.3, -0.25) is 10.1 Å². The second-order valence-electron chi connectivity index (χ2n) is 1.99. The van der Waals surface area contributed by atoms with E-state index in [1.807, 2.05) is 0 Å². The average Bonchev–Trinajstić information content (AvgIpc) is 2.21. The number of hydrogen-bond acceptors (Lipinski definition) is 5. The monoisotopic (exact) mass is 201 g/mol. The van der Waals surface area contributed by atoms with Gasteiger partial charge in [-0.2, -0.15) is 0 Å². The van der Waals surface area contributed by atoms with Crippen molar-refractivity contribution in [1.29, 1.82) is 0 Å². The van der Waals surface area contributed by atoms with Crippen LogP contribution in [0.1, 0.15) is 0 Å². The van der Waals surface area contributed by atoms with E-state index in [4.69, 9.17) is 0 Å². The lowest BCUT2D eigenvalue weighted by molar-refractivity contribution is -0.491. The van der Waals surface area contributed by atoms with E-state index < -0.39 is 4.92 Å². The van der Waals surface area contributed by atoms with Crippen LogP contribution in [0.25, 0.3) is 0 Å². The second kappa shape index (κ2) is 8.11. The molecule has 0 radical (unpaired) electrons. The highest BCUT2D eigenvalue weighted by Crippen LogP contribution is 2.06. The van der Waals surface area contributed by atoms with Crippen LogP contribution in [0, 0.1) is 10.1 Å². The molecule has 6 heteroatoms. The largest absolute Gasteiger partial charge is 0.269 e. The summed E-state index contributed by atoms with van der Waals surface area (Å²) in [6.45, 7) is 0. The maximum Gasteiger partial charge on any atom is 0.269 e. The lowest BCUT2D eigenvalue weighted by Crippen LogP contribution is -1.84. The normalized spacial score (nSPS) is 8.71. The molecule has 1 rings (SSSR count). The number of benzene rings is 1. The molecule has 1 aromatic rings. The van der Waals surface area contributed by atoms with E-state index in [0.29, 0.717) is 0 Å². The molecular weight excluding hydrogens is 190 g/mol. The zero-order valence-electron chi connectivity index (χ0n) is 7.88. The third-order valence-corrected chi connectivity index (χ3v) is 1.10. The second-order valence-corrected chi connectivity index (χ2v) is 1.99.